The lowest BCUT2D eigenvalue weighted by molar-refractivity contribution is -0.120. The molecule has 0 aliphatic heterocycles. The number of carbonyl (C=O) groups excluding carboxylic acids is 1. The molecular weight excluding hydrogens is 431 g/mol. The summed E-state index contributed by atoms with van der Waals surface area (Å²) in [6, 6.07) is 19.9. The van der Waals surface area contributed by atoms with Gasteiger partial charge in [-0.15, -0.1) is 0 Å². The fourth-order valence-corrected chi connectivity index (χ4v) is 4.59. The first-order valence-electron chi connectivity index (χ1n) is 10.2. The molecule has 0 saturated heterocycles. The van der Waals surface area contributed by atoms with Crippen LogP contribution in [0.5, 0.6) is 5.75 Å². The normalized spacial score (nSPS) is 12.1. The first kappa shape index (κ1) is 23.3. The van der Waals surface area contributed by atoms with Crippen molar-refractivity contribution >= 4 is 21.6 Å². The van der Waals surface area contributed by atoms with Crippen LogP contribution < -0.4 is 14.4 Å². The highest BCUT2D eigenvalue weighted by Crippen LogP contribution is 2.25. The summed E-state index contributed by atoms with van der Waals surface area (Å²) in [5.41, 5.74) is 1.08. The molecule has 3 aromatic carbocycles. The number of nitrogens with one attached hydrogen (secondary N) is 1. The van der Waals surface area contributed by atoms with E-state index in [-0.39, 0.29) is 16.6 Å². The van der Waals surface area contributed by atoms with Gasteiger partial charge in [-0.2, -0.15) is 0 Å². The average Bonchev–Trinajstić information content (AvgIpc) is 2.79. The van der Waals surface area contributed by atoms with E-state index in [0.717, 1.165) is 22.0 Å². The maximum absolute atomic E-state index is 13.4. The maximum atomic E-state index is 13.4. The van der Waals surface area contributed by atoms with Gasteiger partial charge in [0.05, 0.1) is 23.2 Å². The third-order valence-corrected chi connectivity index (χ3v) is 6.59. The van der Waals surface area contributed by atoms with Gasteiger partial charge in [0.25, 0.3) is 10.0 Å². The van der Waals surface area contributed by atoms with Gasteiger partial charge in [0.2, 0.25) is 5.91 Å². The molecule has 0 saturated carbocycles. The van der Waals surface area contributed by atoms with Gasteiger partial charge in [0.1, 0.15) is 18.1 Å². The van der Waals surface area contributed by atoms with Crippen LogP contribution in [-0.2, 0) is 14.8 Å². The van der Waals surface area contributed by atoms with E-state index in [0.29, 0.717) is 12.4 Å². The number of hydrogen-bond acceptors (Lipinski definition) is 4. The van der Waals surface area contributed by atoms with Gasteiger partial charge in [0.15, 0.2) is 0 Å². The van der Waals surface area contributed by atoms with Crippen molar-refractivity contribution in [2.45, 2.75) is 24.8 Å². The van der Waals surface area contributed by atoms with Gasteiger partial charge in [0, 0.05) is 0 Å². The number of hydrogen-bond donors (Lipinski definition) is 1. The third kappa shape index (κ3) is 5.64. The Balaban J connectivity index is 1.88. The summed E-state index contributed by atoms with van der Waals surface area (Å²) in [6.45, 7) is 3.64. The van der Waals surface area contributed by atoms with Crippen LogP contribution in [0.2, 0.25) is 0 Å². The van der Waals surface area contributed by atoms with Gasteiger partial charge in [-0.05, 0) is 67.9 Å². The van der Waals surface area contributed by atoms with Crippen molar-refractivity contribution in [2.75, 3.05) is 17.5 Å². The molecule has 1 atom stereocenters. The molecule has 0 aliphatic carbocycles. The lowest BCUT2D eigenvalue weighted by Gasteiger charge is -2.25. The number of rotatable bonds is 9. The Kier molecular flexibility index (Phi) is 7.48. The minimum absolute atomic E-state index is 0.00538. The molecule has 0 unspecified atom stereocenters. The molecule has 0 heterocycles. The molecule has 0 fully saturated rings. The van der Waals surface area contributed by atoms with Crippen molar-refractivity contribution < 1.29 is 22.3 Å². The molecule has 3 rings (SSSR count). The summed E-state index contributed by atoms with van der Waals surface area (Å²) >= 11 is 0. The Hall–Kier alpha value is -3.39. The van der Waals surface area contributed by atoms with Crippen LogP contribution in [0.3, 0.4) is 0 Å². The molecule has 32 heavy (non-hydrogen) atoms. The number of sulfonamides is 1. The van der Waals surface area contributed by atoms with Crippen molar-refractivity contribution in [3.05, 3.63) is 90.2 Å². The van der Waals surface area contributed by atoms with Crippen LogP contribution in [-0.4, -0.2) is 27.5 Å². The SMILES string of the molecule is CCOc1ccc(S(=O)(=O)N(CC(=O)N[C@H](C)c2ccccc2)c2ccc(F)cc2)cc1. The summed E-state index contributed by atoms with van der Waals surface area (Å²) in [6.07, 6.45) is 0. The van der Waals surface area contributed by atoms with Crippen molar-refractivity contribution in [2.24, 2.45) is 0 Å². The Bertz CT molecular complexity index is 1130. The van der Waals surface area contributed by atoms with Gasteiger partial charge in [-0.3, -0.25) is 9.10 Å². The predicted octanol–water partition coefficient (Wildman–Crippen LogP) is 4.30. The lowest BCUT2D eigenvalue weighted by Crippen LogP contribution is -2.41. The summed E-state index contributed by atoms with van der Waals surface area (Å²) < 4.78 is 46.6. The molecule has 0 spiro atoms. The predicted molar refractivity (Wildman–Crippen MR) is 122 cm³/mol. The molecule has 1 amide bonds. The summed E-state index contributed by atoms with van der Waals surface area (Å²) in [4.78, 5) is 12.8. The van der Waals surface area contributed by atoms with Crippen LogP contribution in [0.1, 0.15) is 25.5 Å². The Morgan fingerprint density at radius 2 is 1.62 bits per heavy atom. The molecule has 0 bridgehead atoms. The number of ether oxygens (including phenoxy) is 1. The van der Waals surface area contributed by atoms with E-state index in [2.05, 4.69) is 5.32 Å². The lowest BCUT2D eigenvalue weighted by atomic mass is 10.1. The van der Waals surface area contributed by atoms with Crippen LogP contribution in [0.4, 0.5) is 10.1 Å². The zero-order chi connectivity index (χ0) is 23.1. The monoisotopic (exact) mass is 456 g/mol. The second kappa shape index (κ2) is 10.3. The third-order valence-electron chi connectivity index (χ3n) is 4.80. The zero-order valence-electron chi connectivity index (χ0n) is 17.9. The standard InChI is InChI=1S/C24H25FN2O4S/c1-3-31-22-13-15-23(16-14-22)32(29,30)27(21-11-9-20(25)10-12-21)17-24(28)26-18(2)19-7-5-4-6-8-19/h4-16,18H,3,17H2,1-2H3,(H,26,28)/t18-/m1/s1. The van der Waals surface area contributed by atoms with Crippen molar-refractivity contribution in [3.63, 3.8) is 0 Å². The van der Waals surface area contributed by atoms with E-state index in [9.17, 15) is 17.6 Å². The average molecular weight is 457 g/mol. The van der Waals surface area contributed by atoms with Crippen LogP contribution in [0.15, 0.2) is 83.8 Å². The van der Waals surface area contributed by atoms with E-state index < -0.39 is 28.3 Å². The molecule has 8 heteroatoms. The fourth-order valence-electron chi connectivity index (χ4n) is 3.17. The zero-order valence-corrected chi connectivity index (χ0v) is 18.7. The van der Waals surface area contributed by atoms with Crippen molar-refractivity contribution in [1.82, 2.24) is 5.32 Å². The van der Waals surface area contributed by atoms with Crippen LogP contribution >= 0.6 is 0 Å². The molecule has 0 aromatic heterocycles. The molecule has 168 valence electrons. The number of carbonyl (C=O) groups is 1. The van der Waals surface area contributed by atoms with Gasteiger partial charge >= 0.3 is 0 Å². The van der Waals surface area contributed by atoms with Crippen molar-refractivity contribution in [1.29, 1.82) is 0 Å². The molecular formula is C24H25FN2O4S. The molecule has 0 radical (unpaired) electrons. The highest BCUT2D eigenvalue weighted by molar-refractivity contribution is 7.92. The summed E-state index contributed by atoms with van der Waals surface area (Å²) in [5.74, 6) is -0.455. The number of amides is 1. The quantitative estimate of drug-likeness (QED) is 0.521. The minimum atomic E-state index is -4.10. The largest absolute Gasteiger partial charge is 0.494 e. The highest BCUT2D eigenvalue weighted by Gasteiger charge is 2.28. The van der Waals surface area contributed by atoms with E-state index in [1.54, 1.807) is 12.1 Å². The Labute approximate surface area is 187 Å². The number of benzene rings is 3. The van der Waals surface area contributed by atoms with E-state index in [1.807, 2.05) is 44.2 Å². The Morgan fingerprint density at radius 3 is 2.22 bits per heavy atom. The van der Waals surface area contributed by atoms with Gasteiger partial charge in [-0.25, -0.2) is 12.8 Å². The fraction of sp³-hybridized carbons (Fsp3) is 0.208. The van der Waals surface area contributed by atoms with E-state index in [4.69, 9.17) is 4.74 Å². The van der Waals surface area contributed by atoms with Crippen LogP contribution in [0.25, 0.3) is 0 Å². The highest BCUT2D eigenvalue weighted by atomic mass is 32.2. The Morgan fingerprint density at radius 1 is 1.00 bits per heavy atom. The number of nitrogens with zero attached hydrogens (tertiary/aromatic N) is 1. The molecule has 6 nitrogen and oxygen atoms in total. The maximum Gasteiger partial charge on any atom is 0.264 e. The number of halogens is 1. The van der Waals surface area contributed by atoms with Crippen molar-refractivity contribution in [3.8, 4) is 5.75 Å². The van der Waals surface area contributed by atoms with E-state index >= 15 is 0 Å². The topological polar surface area (TPSA) is 75.7 Å². The smallest absolute Gasteiger partial charge is 0.264 e. The van der Waals surface area contributed by atoms with Gasteiger partial charge in [-0.1, -0.05) is 30.3 Å². The molecule has 3 aromatic rings. The minimum Gasteiger partial charge on any atom is -0.494 e. The molecule has 0 aliphatic rings. The second-order valence-corrected chi connectivity index (χ2v) is 8.95. The molecule has 1 N–H and O–H groups in total. The van der Waals surface area contributed by atoms with E-state index in [1.165, 1.54) is 24.3 Å². The first-order valence-corrected chi connectivity index (χ1v) is 11.6. The first-order chi connectivity index (χ1) is 15.3. The van der Waals surface area contributed by atoms with Crippen LogP contribution in [0, 0.1) is 5.82 Å². The number of anilines is 1. The summed E-state index contributed by atoms with van der Waals surface area (Å²) in [5, 5.41) is 2.82. The summed E-state index contributed by atoms with van der Waals surface area (Å²) in [7, 11) is -4.10. The van der Waals surface area contributed by atoms with Gasteiger partial charge < -0.3 is 10.1 Å². The second-order valence-electron chi connectivity index (χ2n) is 7.09.